The van der Waals surface area contributed by atoms with Gasteiger partial charge in [0.05, 0.1) is 13.2 Å². The third-order valence-corrected chi connectivity index (χ3v) is 2.63. The standard InChI is InChI=1S/C12H15FN2O/c1-12(2,8-14)15(3)9-5-6-11(16-4)10(13)7-9/h5-7H,1-4H3. The Labute approximate surface area is 95.1 Å². The molecule has 0 aliphatic carbocycles. The fourth-order valence-electron chi connectivity index (χ4n) is 1.26. The van der Waals surface area contributed by atoms with E-state index < -0.39 is 11.4 Å². The van der Waals surface area contributed by atoms with E-state index >= 15 is 0 Å². The van der Waals surface area contributed by atoms with E-state index in [1.54, 1.807) is 37.9 Å². The fraction of sp³-hybridized carbons (Fsp3) is 0.417. The van der Waals surface area contributed by atoms with E-state index in [9.17, 15) is 4.39 Å². The second kappa shape index (κ2) is 4.40. The number of hydrogen-bond donors (Lipinski definition) is 0. The highest BCUT2D eigenvalue weighted by atomic mass is 19.1. The highest BCUT2D eigenvalue weighted by Crippen LogP contribution is 2.26. The Hall–Kier alpha value is -1.76. The molecule has 1 rings (SSSR count). The summed E-state index contributed by atoms with van der Waals surface area (Å²) in [4.78, 5) is 1.72. The maximum atomic E-state index is 13.5. The van der Waals surface area contributed by atoms with E-state index in [-0.39, 0.29) is 5.75 Å². The molecular weight excluding hydrogens is 207 g/mol. The van der Waals surface area contributed by atoms with Crippen molar-refractivity contribution in [1.29, 1.82) is 5.26 Å². The van der Waals surface area contributed by atoms with Gasteiger partial charge in [-0.05, 0) is 26.0 Å². The maximum Gasteiger partial charge on any atom is 0.167 e. The first-order valence-corrected chi connectivity index (χ1v) is 4.91. The number of methoxy groups -OCH3 is 1. The molecule has 0 fully saturated rings. The molecule has 0 unspecified atom stereocenters. The number of ether oxygens (including phenoxy) is 1. The molecule has 0 aliphatic heterocycles. The van der Waals surface area contributed by atoms with Crippen LogP contribution in [-0.4, -0.2) is 19.7 Å². The largest absolute Gasteiger partial charge is 0.494 e. The van der Waals surface area contributed by atoms with Crippen molar-refractivity contribution in [3.63, 3.8) is 0 Å². The number of anilines is 1. The van der Waals surface area contributed by atoms with Gasteiger partial charge in [-0.15, -0.1) is 0 Å². The summed E-state index contributed by atoms with van der Waals surface area (Å²) in [5.74, 6) is -0.229. The summed E-state index contributed by atoms with van der Waals surface area (Å²) in [6, 6.07) is 6.79. The van der Waals surface area contributed by atoms with E-state index in [4.69, 9.17) is 10.00 Å². The molecule has 0 heterocycles. The Morgan fingerprint density at radius 2 is 2.06 bits per heavy atom. The number of benzene rings is 1. The molecule has 0 saturated carbocycles. The Balaban J connectivity index is 3.08. The van der Waals surface area contributed by atoms with Crippen molar-refractivity contribution in [2.75, 3.05) is 19.1 Å². The first-order chi connectivity index (χ1) is 7.42. The summed E-state index contributed by atoms with van der Waals surface area (Å²) in [6.07, 6.45) is 0. The normalized spacial score (nSPS) is 10.8. The third kappa shape index (κ3) is 2.25. The van der Waals surface area contributed by atoms with Crippen LogP contribution in [0.1, 0.15) is 13.8 Å². The van der Waals surface area contributed by atoms with Crippen LogP contribution in [0.4, 0.5) is 10.1 Å². The molecule has 0 aromatic heterocycles. The molecule has 0 bridgehead atoms. The van der Waals surface area contributed by atoms with Crippen LogP contribution >= 0.6 is 0 Å². The van der Waals surface area contributed by atoms with Crippen molar-refractivity contribution < 1.29 is 9.13 Å². The molecule has 0 atom stereocenters. The topological polar surface area (TPSA) is 36.3 Å². The van der Waals surface area contributed by atoms with E-state index in [0.717, 1.165) is 0 Å². The average molecular weight is 222 g/mol. The van der Waals surface area contributed by atoms with Crippen molar-refractivity contribution in [3.8, 4) is 11.8 Å². The van der Waals surface area contributed by atoms with E-state index in [2.05, 4.69) is 6.07 Å². The van der Waals surface area contributed by atoms with Gasteiger partial charge in [-0.2, -0.15) is 5.26 Å². The molecule has 0 saturated heterocycles. The lowest BCUT2D eigenvalue weighted by Gasteiger charge is -2.31. The number of halogens is 1. The van der Waals surface area contributed by atoms with E-state index in [1.165, 1.54) is 13.2 Å². The summed E-state index contributed by atoms with van der Waals surface area (Å²) in [5.41, 5.74) is -0.0362. The number of nitrogens with zero attached hydrogens (tertiary/aromatic N) is 2. The number of rotatable bonds is 3. The molecule has 0 radical (unpaired) electrons. The molecule has 16 heavy (non-hydrogen) atoms. The van der Waals surface area contributed by atoms with Crippen LogP contribution in [0.2, 0.25) is 0 Å². The van der Waals surface area contributed by atoms with Gasteiger partial charge in [-0.25, -0.2) is 4.39 Å². The van der Waals surface area contributed by atoms with Crippen molar-refractivity contribution in [1.82, 2.24) is 0 Å². The van der Waals surface area contributed by atoms with Crippen LogP contribution < -0.4 is 9.64 Å². The fourth-order valence-corrected chi connectivity index (χ4v) is 1.26. The predicted molar refractivity (Wildman–Crippen MR) is 61.0 cm³/mol. The molecule has 4 heteroatoms. The maximum absolute atomic E-state index is 13.5. The van der Waals surface area contributed by atoms with Gasteiger partial charge in [-0.1, -0.05) is 0 Å². The molecule has 1 aromatic carbocycles. The summed E-state index contributed by atoms with van der Waals surface area (Å²) >= 11 is 0. The Morgan fingerprint density at radius 1 is 1.44 bits per heavy atom. The van der Waals surface area contributed by atoms with Crippen LogP contribution in [0.25, 0.3) is 0 Å². The second-order valence-corrected chi connectivity index (χ2v) is 4.05. The van der Waals surface area contributed by atoms with Crippen LogP contribution in [-0.2, 0) is 0 Å². The van der Waals surface area contributed by atoms with Gasteiger partial charge in [0.1, 0.15) is 5.54 Å². The van der Waals surface area contributed by atoms with Gasteiger partial charge in [0.2, 0.25) is 0 Å². The Morgan fingerprint density at radius 3 is 2.50 bits per heavy atom. The number of hydrogen-bond acceptors (Lipinski definition) is 3. The van der Waals surface area contributed by atoms with Gasteiger partial charge in [-0.3, -0.25) is 0 Å². The first kappa shape index (κ1) is 12.3. The Bertz CT molecular complexity index is 424. The van der Waals surface area contributed by atoms with Crippen LogP contribution in [0.15, 0.2) is 18.2 Å². The van der Waals surface area contributed by atoms with Crippen molar-refractivity contribution >= 4 is 5.69 Å². The summed E-state index contributed by atoms with van der Waals surface area (Å²) in [7, 11) is 3.17. The summed E-state index contributed by atoms with van der Waals surface area (Å²) in [6.45, 7) is 3.55. The lowest BCUT2D eigenvalue weighted by atomic mass is 10.1. The van der Waals surface area contributed by atoms with Crippen LogP contribution in [0, 0.1) is 17.1 Å². The lowest BCUT2D eigenvalue weighted by Crippen LogP contribution is -2.39. The smallest absolute Gasteiger partial charge is 0.167 e. The van der Waals surface area contributed by atoms with Gasteiger partial charge in [0.25, 0.3) is 0 Å². The number of nitriles is 1. The molecule has 86 valence electrons. The molecule has 3 nitrogen and oxygen atoms in total. The molecule has 1 aromatic rings. The second-order valence-electron chi connectivity index (χ2n) is 4.05. The van der Waals surface area contributed by atoms with E-state index in [0.29, 0.717) is 5.69 Å². The van der Waals surface area contributed by atoms with E-state index in [1.807, 2.05) is 0 Å². The SMILES string of the molecule is COc1ccc(N(C)C(C)(C)C#N)cc1F. The zero-order chi connectivity index (χ0) is 12.3. The van der Waals surface area contributed by atoms with Gasteiger partial charge in [0.15, 0.2) is 11.6 Å². The highest BCUT2D eigenvalue weighted by molar-refractivity contribution is 5.52. The van der Waals surface area contributed by atoms with Crippen molar-refractivity contribution in [3.05, 3.63) is 24.0 Å². The minimum absolute atomic E-state index is 0.201. The lowest BCUT2D eigenvalue weighted by molar-refractivity contribution is 0.386. The van der Waals surface area contributed by atoms with Crippen LogP contribution in [0.5, 0.6) is 5.75 Å². The minimum Gasteiger partial charge on any atom is -0.494 e. The van der Waals surface area contributed by atoms with Crippen molar-refractivity contribution in [2.24, 2.45) is 0 Å². The molecular formula is C12H15FN2O. The van der Waals surface area contributed by atoms with Crippen LogP contribution in [0.3, 0.4) is 0 Å². The monoisotopic (exact) mass is 222 g/mol. The van der Waals surface area contributed by atoms with Gasteiger partial charge >= 0.3 is 0 Å². The summed E-state index contributed by atoms with van der Waals surface area (Å²) < 4.78 is 18.3. The average Bonchev–Trinajstić information content (AvgIpc) is 2.27. The molecule has 0 aliphatic rings. The highest BCUT2D eigenvalue weighted by Gasteiger charge is 2.23. The van der Waals surface area contributed by atoms with Gasteiger partial charge in [0, 0.05) is 18.8 Å². The molecule has 0 amide bonds. The minimum atomic E-state index is -0.680. The zero-order valence-electron chi connectivity index (χ0n) is 9.91. The Kier molecular flexibility index (Phi) is 3.38. The quantitative estimate of drug-likeness (QED) is 0.788. The predicted octanol–water partition coefficient (Wildman–Crippen LogP) is 2.57. The molecule has 0 N–H and O–H groups in total. The third-order valence-electron chi connectivity index (χ3n) is 2.63. The van der Waals surface area contributed by atoms with Gasteiger partial charge < -0.3 is 9.64 Å². The molecule has 0 spiro atoms. The van der Waals surface area contributed by atoms with Crippen molar-refractivity contribution in [2.45, 2.75) is 19.4 Å². The first-order valence-electron chi connectivity index (χ1n) is 4.91. The zero-order valence-corrected chi connectivity index (χ0v) is 9.91. The summed E-state index contributed by atoms with van der Waals surface area (Å²) in [5, 5.41) is 8.99.